The van der Waals surface area contributed by atoms with Gasteiger partial charge in [0.05, 0.1) is 0 Å². The van der Waals surface area contributed by atoms with Crippen LogP contribution in [0.1, 0.15) is 61.1 Å². The molecule has 0 saturated heterocycles. The molecule has 0 unspecified atom stereocenters. The smallest absolute Gasteiger partial charge is 0.0159 e. The van der Waals surface area contributed by atoms with Gasteiger partial charge in [-0.3, -0.25) is 0 Å². The van der Waals surface area contributed by atoms with Crippen molar-refractivity contribution in [1.82, 2.24) is 0 Å². The quantitative estimate of drug-likeness (QED) is 0.179. The molecule has 188 valence electrons. The van der Waals surface area contributed by atoms with Crippen LogP contribution in [0.5, 0.6) is 0 Å². The maximum atomic E-state index is 2.58. The van der Waals surface area contributed by atoms with Crippen molar-refractivity contribution in [2.24, 2.45) is 0 Å². The first-order valence-electron chi connectivity index (χ1n) is 14.5. The zero-order chi connectivity index (χ0) is 26.7. The summed E-state index contributed by atoms with van der Waals surface area (Å²) in [4.78, 5) is 0. The zero-order valence-corrected chi connectivity index (χ0v) is 23.2. The fourth-order valence-corrected chi connectivity index (χ4v) is 8.71. The predicted octanol–water partition coefficient (Wildman–Crippen LogP) is 10.8. The maximum Gasteiger partial charge on any atom is 0.0159 e. The molecule has 0 aromatic heterocycles. The van der Waals surface area contributed by atoms with Crippen molar-refractivity contribution in [2.45, 2.75) is 38.5 Å². The minimum atomic E-state index is -0.0759. The van der Waals surface area contributed by atoms with E-state index in [0.717, 1.165) is 0 Å². The number of hydrogen-bond donors (Lipinski definition) is 0. The average Bonchev–Trinajstić information content (AvgIpc) is 3.55. The molecule has 0 heteroatoms. The van der Waals surface area contributed by atoms with Crippen molar-refractivity contribution in [3.63, 3.8) is 0 Å². The summed E-state index contributed by atoms with van der Waals surface area (Å²) < 4.78 is 0. The Balaban J connectivity index is 1.34. The van der Waals surface area contributed by atoms with Crippen LogP contribution in [-0.4, -0.2) is 0 Å². The lowest BCUT2D eigenvalue weighted by molar-refractivity contribution is 0.652. The molecule has 7 aromatic rings. The van der Waals surface area contributed by atoms with Crippen LogP contribution in [-0.2, 0) is 10.8 Å². The Morgan fingerprint density at radius 3 is 1.73 bits per heavy atom. The summed E-state index contributed by atoms with van der Waals surface area (Å²) in [6.07, 6.45) is 4.58. The fourth-order valence-electron chi connectivity index (χ4n) is 8.71. The van der Waals surface area contributed by atoms with Crippen LogP contribution in [0, 0.1) is 0 Å². The van der Waals surface area contributed by atoms with Crippen molar-refractivity contribution in [2.75, 3.05) is 0 Å². The molecule has 7 aromatic carbocycles. The Bertz CT molecular complexity index is 2340. The molecular formula is C40H28. The molecule has 40 heavy (non-hydrogen) atoms. The summed E-state index contributed by atoms with van der Waals surface area (Å²) in [6.45, 7) is 9.71. The molecule has 3 aliphatic carbocycles. The van der Waals surface area contributed by atoms with E-state index in [1.807, 2.05) is 0 Å². The Morgan fingerprint density at radius 1 is 0.425 bits per heavy atom. The van der Waals surface area contributed by atoms with Gasteiger partial charge in [-0.15, -0.1) is 0 Å². The minimum absolute atomic E-state index is 0.0620. The highest BCUT2D eigenvalue weighted by atomic mass is 14.5. The molecule has 0 radical (unpaired) electrons. The topological polar surface area (TPSA) is 0 Å². The van der Waals surface area contributed by atoms with Gasteiger partial charge >= 0.3 is 0 Å². The Kier molecular flexibility index (Phi) is 3.47. The first kappa shape index (κ1) is 21.4. The zero-order valence-electron chi connectivity index (χ0n) is 23.2. The molecule has 0 fully saturated rings. The monoisotopic (exact) mass is 508 g/mol. The Labute approximate surface area is 233 Å². The van der Waals surface area contributed by atoms with Crippen LogP contribution >= 0.6 is 0 Å². The molecule has 10 rings (SSSR count). The van der Waals surface area contributed by atoms with Crippen LogP contribution in [0.25, 0.3) is 77.5 Å². The molecule has 0 amide bonds. The third-order valence-corrected chi connectivity index (χ3v) is 10.7. The molecule has 0 atom stereocenters. The van der Waals surface area contributed by atoms with E-state index < -0.39 is 0 Å². The standard InChI is InChI=1S/C40H28/c1-39(2)30-20-29-31(19-28(30)37-26-10-6-9-21-11-13-24(34(21)26)17-32(37)39)40(3,4)33-18-25-14-12-22-7-5-8-23-15-16-27(38(29)33)36(25)35(22)23/h5-20H,1-4H3. The van der Waals surface area contributed by atoms with Crippen LogP contribution in [0.2, 0.25) is 0 Å². The summed E-state index contributed by atoms with van der Waals surface area (Å²) in [5, 5.41) is 11.0. The molecule has 0 bridgehead atoms. The summed E-state index contributed by atoms with van der Waals surface area (Å²) in [6, 6.07) is 33.0. The Hall–Kier alpha value is -4.42. The number of fused-ring (bicyclic) bond motifs is 8. The van der Waals surface area contributed by atoms with Crippen molar-refractivity contribution < 1.29 is 0 Å². The van der Waals surface area contributed by atoms with E-state index in [1.165, 1.54) is 98.7 Å². The normalized spacial score (nSPS) is 16.8. The van der Waals surface area contributed by atoms with Gasteiger partial charge in [0, 0.05) is 10.8 Å². The number of hydrogen-bond acceptors (Lipinski definition) is 0. The highest BCUT2D eigenvalue weighted by Crippen LogP contribution is 2.59. The van der Waals surface area contributed by atoms with Crippen LogP contribution in [0.3, 0.4) is 0 Å². The summed E-state index contributed by atoms with van der Waals surface area (Å²) >= 11 is 0. The molecule has 0 heterocycles. The summed E-state index contributed by atoms with van der Waals surface area (Å²) in [5.74, 6) is 0. The summed E-state index contributed by atoms with van der Waals surface area (Å²) in [7, 11) is 0. The highest BCUT2D eigenvalue weighted by Gasteiger charge is 2.43. The lowest BCUT2D eigenvalue weighted by atomic mass is 9.79. The van der Waals surface area contributed by atoms with Gasteiger partial charge in [-0.1, -0.05) is 101 Å². The third-order valence-electron chi connectivity index (χ3n) is 10.7. The van der Waals surface area contributed by atoms with Gasteiger partial charge in [-0.05, 0) is 123 Å². The highest BCUT2D eigenvalue weighted by molar-refractivity contribution is 6.26. The third kappa shape index (κ3) is 2.22. The molecule has 0 spiro atoms. The second-order valence-electron chi connectivity index (χ2n) is 13.3. The Morgan fingerprint density at radius 2 is 1.00 bits per heavy atom. The van der Waals surface area contributed by atoms with E-state index >= 15 is 0 Å². The SMILES string of the molecule is CC1(C)c2cc3c(cc2-c2c1cc1c4c(cccc24)C=C1)C(C)(C)c1cc2ccc4cccc5ccc(c1-3)c2c45. The second-order valence-corrected chi connectivity index (χ2v) is 13.3. The minimum Gasteiger partial charge on any atom is -0.0610 e. The first-order valence-corrected chi connectivity index (χ1v) is 14.5. The molecule has 0 nitrogen and oxygen atoms in total. The van der Waals surface area contributed by atoms with Gasteiger partial charge in [0.25, 0.3) is 0 Å². The molecule has 0 aliphatic heterocycles. The van der Waals surface area contributed by atoms with Gasteiger partial charge in [0.15, 0.2) is 0 Å². The van der Waals surface area contributed by atoms with Crippen molar-refractivity contribution in [1.29, 1.82) is 0 Å². The van der Waals surface area contributed by atoms with Crippen LogP contribution < -0.4 is 0 Å². The number of benzene rings is 7. The van der Waals surface area contributed by atoms with Crippen molar-refractivity contribution >= 4 is 55.2 Å². The lowest BCUT2D eigenvalue weighted by Gasteiger charge is -2.24. The van der Waals surface area contributed by atoms with Gasteiger partial charge in [0.1, 0.15) is 0 Å². The molecule has 3 aliphatic rings. The van der Waals surface area contributed by atoms with Gasteiger partial charge in [-0.2, -0.15) is 0 Å². The van der Waals surface area contributed by atoms with E-state index in [-0.39, 0.29) is 10.8 Å². The van der Waals surface area contributed by atoms with Gasteiger partial charge < -0.3 is 0 Å². The van der Waals surface area contributed by atoms with E-state index in [1.54, 1.807) is 0 Å². The molecule has 0 N–H and O–H groups in total. The van der Waals surface area contributed by atoms with E-state index in [0.29, 0.717) is 0 Å². The van der Waals surface area contributed by atoms with Crippen molar-refractivity contribution in [3.8, 4) is 22.3 Å². The van der Waals surface area contributed by atoms with Crippen LogP contribution in [0.15, 0.2) is 84.9 Å². The van der Waals surface area contributed by atoms with Crippen molar-refractivity contribution in [3.05, 3.63) is 118 Å². The fraction of sp³-hybridized carbons (Fsp3) is 0.150. The van der Waals surface area contributed by atoms with E-state index in [2.05, 4.69) is 125 Å². The van der Waals surface area contributed by atoms with Gasteiger partial charge in [0.2, 0.25) is 0 Å². The molecule has 0 saturated carbocycles. The van der Waals surface area contributed by atoms with Crippen LogP contribution in [0.4, 0.5) is 0 Å². The van der Waals surface area contributed by atoms with Gasteiger partial charge in [-0.25, -0.2) is 0 Å². The molecular weight excluding hydrogens is 480 g/mol. The van der Waals surface area contributed by atoms with E-state index in [4.69, 9.17) is 0 Å². The lowest BCUT2D eigenvalue weighted by Crippen LogP contribution is -2.17. The van der Waals surface area contributed by atoms with E-state index in [9.17, 15) is 0 Å². The number of rotatable bonds is 0. The predicted molar refractivity (Wildman–Crippen MR) is 172 cm³/mol. The maximum absolute atomic E-state index is 2.58. The first-order chi connectivity index (χ1) is 19.3. The second kappa shape index (κ2) is 6.48. The average molecular weight is 509 g/mol. The summed E-state index contributed by atoms with van der Waals surface area (Å²) in [5.41, 5.74) is 14.2. The largest absolute Gasteiger partial charge is 0.0610 e.